The predicted molar refractivity (Wildman–Crippen MR) is 83.2 cm³/mol. The first-order valence-corrected chi connectivity index (χ1v) is 7.36. The molecule has 0 amide bonds. The molecule has 5 nitrogen and oxygen atoms in total. The summed E-state index contributed by atoms with van der Waals surface area (Å²) in [6.45, 7) is 0. The van der Waals surface area contributed by atoms with Crippen molar-refractivity contribution in [2.45, 2.75) is 31.4 Å². The van der Waals surface area contributed by atoms with Gasteiger partial charge in [0, 0.05) is 24.6 Å². The largest absolute Gasteiger partial charge is 0.495 e. The second-order valence-electron chi connectivity index (χ2n) is 5.24. The van der Waals surface area contributed by atoms with E-state index in [1.807, 2.05) is 12.1 Å². The molecule has 6 heteroatoms. The lowest BCUT2D eigenvalue weighted by molar-refractivity contribution is 0.108. The fraction of sp³-hybridized carbons (Fsp3) is 0.467. The molecule has 1 aliphatic carbocycles. The first-order chi connectivity index (χ1) is 10.2. The van der Waals surface area contributed by atoms with Gasteiger partial charge in [0.05, 0.1) is 23.8 Å². The molecule has 0 radical (unpaired) electrons. The second-order valence-corrected chi connectivity index (χ2v) is 5.65. The molecule has 21 heavy (non-hydrogen) atoms. The minimum absolute atomic E-state index is 0.333. The number of benzene rings is 1. The maximum Gasteiger partial charge on any atom is 0.139 e. The summed E-state index contributed by atoms with van der Waals surface area (Å²) in [7, 11) is 3.36. The highest BCUT2D eigenvalue weighted by molar-refractivity contribution is 6.33. The van der Waals surface area contributed by atoms with Crippen LogP contribution in [-0.2, 0) is 4.74 Å². The Balaban J connectivity index is 1.90. The molecule has 2 atom stereocenters. The fourth-order valence-corrected chi connectivity index (χ4v) is 3.05. The Morgan fingerprint density at radius 3 is 2.81 bits per heavy atom. The van der Waals surface area contributed by atoms with Crippen LogP contribution >= 0.6 is 11.6 Å². The Morgan fingerprint density at radius 1 is 1.24 bits per heavy atom. The number of rotatable bonds is 4. The molecule has 3 rings (SSSR count). The Labute approximate surface area is 128 Å². The van der Waals surface area contributed by atoms with E-state index in [-0.39, 0.29) is 0 Å². The van der Waals surface area contributed by atoms with Crippen LogP contribution in [-0.4, -0.2) is 36.3 Å². The molecular weight excluding hydrogens is 290 g/mol. The average molecular weight is 308 g/mol. The summed E-state index contributed by atoms with van der Waals surface area (Å²) in [6, 6.07) is 4.05. The van der Waals surface area contributed by atoms with Crippen LogP contribution in [0.3, 0.4) is 0 Å². The molecule has 1 aliphatic rings. The van der Waals surface area contributed by atoms with Gasteiger partial charge in [-0.2, -0.15) is 0 Å². The number of hydrogen-bond donors (Lipinski definition) is 1. The number of nitrogens with one attached hydrogen (secondary N) is 1. The molecule has 0 unspecified atom stereocenters. The topological polar surface area (TPSA) is 56.3 Å². The molecule has 1 saturated carbocycles. The fourth-order valence-electron chi connectivity index (χ4n) is 2.81. The molecule has 0 aliphatic heterocycles. The van der Waals surface area contributed by atoms with Crippen LogP contribution in [0.5, 0.6) is 5.75 Å². The minimum Gasteiger partial charge on any atom is -0.495 e. The van der Waals surface area contributed by atoms with Crippen LogP contribution in [0.15, 0.2) is 18.5 Å². The summed E-state index contributed by atoms with van der Waals surface area (Å²) in [4.78, 5) is 8.64. The zero-order valence-electron chi connectivity index (χ0n) is 12.1. The monoisotopic (exact) mass is 307 g/mol. The molecule has 112 valence electrons. The van der Waals surface area contributed by atoms with Gasteiger partial charge in [-0.3, -0.25) is 0 Å². The zero-order valence-corrected chi connectivity index (χ0v) is 12.9. The SMILES string of the molecule is COc1cc2ncnc(N[C@@H]3CC[C@@H](OC)C3)c2cc1Cl. The minimum atomic E-state index is 0.333. The van der Waals surface area contributed by atoms with Gasteiger partial charge in [0.2, 0.25) is 0 Å². The van der Waals surface area contributed by atoms with E-state index < -0.39 is 0 Å². The predicted octanol–water partition coefficient (Wildman–Crippen LogP) is 3.27. The lowest BCUT2D eigenvalue weighted by atomic mass is 10.2. The van der Waals surface area contributed by atoms with Crippen molar-refractivity contribution >= 4 is 28.3 Å². The third-order valence-electron chi connectivity index (χ3n) is 3.97. The average Bonchev–Trinajstić information content (AvgIpc) is 2.95. The second kappa shape index (κ2) is 6.03. The van der Waals surface area contributed by atoms with Crippen molar-refractivity contribution in [3.05, 3.63) is 23.5 Å². The van der Waals surface area contributed by atoms with Gasteiger partial charge in [0.1, 0.15) is 17.9 Å². The molecular formula is C15H18ClN3O2. The van der Waals surface area contributed by atoms with Crippen LogP contribution in [0.1, 0.15) is 19.3 Å². The van der Waals surface area contributed by atoms with Gasteiger partial charge in [-0.1, -0.05) is 11.6 Å². The van der Waals surface area contributed by atoms with Crippen molar-refractivity contribution in [3.8, 4) is 5.75 Å². The molecule has 2 aromatic rings. The van der Waals surface area contributed by atoms with Crippen molar-refractivity contribution in [2.24, 2.45) is 0 Å². The highest BCUT2D eigenvalue weighted by Crippen LogP contribution is 2.33. The summed E-state index contributed by atoms with van der Waals surface area (Å²) in [5, 5.41) is 4.95. The van der Waals surface area contributed by atoms with Crippen LogP contribution in [0, 0.1) is 0 Å². The Morgan fingerprint density at radius 2 is 2.10 bits per heavy atom. The number of halogens is 1. The van der Waals surface area contributed by atoms with Crippen molar-refractivity contribution in [1.29, 1.82) is 0 Å². The van der Waals surface area contributed by atoms with Crippen LogP contribution < -0.4 is 10.1 Å². The third-order valence-corrected chi connectivity index (χ3v) is 4.26. The number of ether oxygens (including phenoxy) is 2. The number of anilines is 1. The van der Waals surface area contributed by atoms with Gasteiger partial charge in [-0.05, 0) is 25.3 Å². The summed E-state index contributed by atoms with van der Waals surface area (Å²) in [5.74, 6) is 1.43. The lowest BCUT2D eigenvalue weighted by Gasteiger charge is -2.15. The van der Waals surface area contributed by atoms with Crippen molar-refractivity contribution < 1.29 is 9.47 Å². The van der Waals surface area contributed by atoms with Crippen LogP contribution in [0.4, 0.5) is 5.82 Å². The van der Waals surface area contributed by atoms with Crippen molar-refractivity contribution in [3.63, 3.8) is 0 Å². The van der Waals surface area contributed by atoms with Gasteiger partial charge in [-0.25, -0.2) is 9.97 Å². The van der Waals surface area contributed by atoms with E-state index in [9.17, 15) is 0 Å². The number of nitrogens with zero attached hydrogens (tertiary/aromatic N) is 2. The smallest absolute Gasteiger partial charge is 0.139 e. The molecule has 0 bridgehead atoms. The molecule has 1 heterocycles. The number of methoxy groups -OCH3 is 2. The summed E-state index contributed by atoms with van der Waals surface area (Å²) in [6.07, 6.45) is 5.03. The van der Waals surface area contributed by atoms with Crippen LogP contribution in [0.25, 0.3) is 10.9 Å². The van der Waals surface area contributed by atoms with E-state index >= 15 is 0 Å². The maximum atomic E-state index is 6.21. The Kier molecular flexibility index (Phi) is 4.12. The first kappa shape index (κ1) is 14.4. The molecule has 1 aromatic heterocycles. The van der Waals surface area contributed by atoms with E-state index in [4.69, 9.17) is 21.1 Å². The van der Waals surface area contributed by atoms with Crippen molar-refractivity contribution in [1.82, 2.24) is 9.97 Å². The molecule has 1 fully saturated rings. The first-order valence-electron chi connectivity index (χ1n) is 6.99. The quantitative estimate of drug-likeness (QED) is 0.939. The highest BCUT2D eigenvalue weighted by atomic mass is 35.5. The van der Waals surface area contributed by atoms with E-state index in [1.54, 1.807) is 20.5 Å². The van der Waals surface area contributed by atoms with E-state index in [0.29, 0.717) is 22.9 Å². The van der Waals surface area contributed by atoms with E-state index in [0.717, 1.165) is 36.0 Å². The zero-order chi connectivity index (χ0) is 14.8. The van der Waals surface area contributed by atoms with Gasteiger partial charge < -0.3 is 14.8 Å². The molecule has 0 saturated heterocycles. The summed E-state index contributed by atoms with van der Waals surface area (Å²) >= 11 is 6.21. The van der Waals surface area contributed by atoms with Gasteiger partial charge in [0.15, 0.2) is 0 Å². The highest BCUT2D eigenvalue weighted by Gasteiger charge is 2.25. The van der Waals surface area contributed by atoms with E-state index in [1.165, 1.54) is 0 Å². The molecule has 1 N–H and O–H groups in total. The molecule has 0 spiro atoms. The van der Waals surface area contributed by atoms with Crippen molar-refractivity contribution in [2.75, 3.05) is 19.5 Å². The maximum absolute atomic E-state index is 6.21. The van der Waals surface area contributed by atoms with E-state index in [2.05, 4.69) is 15.3 Å². The Bertz CT molecular complexity index is 650. The number of hydrogen-bond acceptors (Lipinski definition) is 5. The normalized spacial score (nSPS) is 21.7. The van der Waals surface area contributed by atoms with Gasteiger partial charge >= 0.3 is 0 Å². The number of aromatic nitrogens is 2. The van der Waals surface area contributed by atoms with Gasteiger partial charge in [0.25, 0.3) is 0 Å². The standard InChI is InChI=1S/C15H18ClN3O2/c1-20-10-4-3-9(5-10)19-15-11-6-12(16)14(21-2)7-13(11)17-8-18-15/h6-10H,3-5H2,1-2H3,(H,17,18,19)/t9-,10-/m1/s1. The third kappa shape index (κ3) is 2.89. The Hall–Kier alpha value is -1.59. The summed E-state index contributed by atoms with van der Waals surface area (Å²) < 4.78 is 10.6. The number of fused-ring (bicyclic) bond motifs is 1. The summed E-state index contributed by atoms with van der Waals surface area (Å²) in [5.41, 5.74) is 0.815. The van der Waals surface area contributed by atoms with Crippen LogP contribution in [0.2, 0.25) is 5.02 Å². The lowest BCUT2D eigenvalue weighted by Crippen LogP contribution is -2.18. The molecule has 1 aromatic carbocycles. The van der Waals surface area contributed by atoms with Gasteiger partial charge in [-0.15, -0.1) is 0 Å².